The van der Waals surface area contributed by atoms with Gasteiger partial charge in [-0.3, -0.25) is 0 Å². The predicted molar refractivity (Wildman–Crippen MR) is 85.6 cm³/mol. The topological polar surface area (TPSA) is 12.0 Å². The molecule has 0 atom stereocenters. The molecule has 18 heavy (non-hydrogen) atoms. The van der Waals surface area contributed by atoms with Crippen LogP contribution in [0.25, 0.3) is 6.08 Å². The van der Waals surface area contributed by atoms with Gasteiger partial charge in [0.2, 0.25) is 0 Å². The number of nitrogens with one attached hydrogen (secondary N) is 1. The van der Waals surface area contributed by atoms with Crippen LogP contribution >= 0.6 is 0 Å². The fourth-order valence-corrected chi connectivity index (χ4v) is 2.31. The number of rotatable bonds is 2. The van der Waals surface area contributed by atoms with Crippen molar-refractivity contribution in [3.05, 3.63) is 34.9 Å². The van der Waals surface area contributed by atoms with Crippen LogP contribution in [0.15, 0.2) is 12.6 Å². The van der Waals surface area contributed by atoms with Gasteiger partial charge in [-0.05, 0) is 36.0 Å². The number of hydrogen-bond acceptors (Lipinski definition) is 1. The highest BCUT2D eigenvalue weighted by Crippen LogP contribution is 2.34. The van der Waals surface area contributed by atoms with Crippen molar-refractivity contribution in [3.63, 3.8) is 0 Å². The largest absolute Gasteiger partial charge is 0.387 e. The summed E-state index contributed by atoms with van der Waals surface area (Å²) in [7, 11) is 1.96. The molecule has 0 bridgehead atoms. The molecule has 0 aromatic heterocycles. The van der Waals surface area contributed by atoms with E-state index in [9.17, 15) is 0 Å². The lowest BCUT2D eigenvalue weighted by Crippen LogP contribution is -2.15. The molecular formula is C17H29N. The summed E-state index contributed by atoms with van der Waals surface area (Å²) in [6.45, 7) is 19.0. The third-order valence-corrected chi connectivity index (χ3v) is 3.09. The second-order valence-electron chi connectivity index (χ2n) is 5.36. The third kappa shape index (κ3) is 3.38. The summed E-state index contributed by atoms with van der Waals surface area (Å²) in [5.74, 6) is 0. The molecule has 0 saturated carbocycles. The van der Waals surface area contributed by atoms with Gasteiger partial charge in [0.15, 0.2) is 0 Å². The summed E-state index contributed by atoms with van der Waals surface area (Å²) in [6.07, 6.45) is 1.95. The lowest BCUT2D eigenvalue weighted by Gasteiger charge is -2.25. The van der Waals surface area contributed by atoms with Crippen molar-refractivity contribution in [3.8, 4) is 0 Å². The third-order valence-electron chi connectivity index (χ3n) is 3.09. The monoisotopic (exact) mass is 247 g/mol. The van der Waals surface area contributed by atoms with Crippen LogP contribution in [0, 0.1) is 13.8 Å². The van der Waals surface area contributed by atoms with Crippen LogP contribution in [0.5, 0.6) is 0 Å². The molecule has 0 spiro atoms. The molecule has 0 unspecified atom stereocenters. The zero-order valence-corrected chi connectivity index (χ0v) is 13.4. The Bertz CT molecular complexity index is 409. The van der Waals surface area contributed by atoms with Crippen LogP contribution < -0.4 is 5.32 Å². The van der Waals surface area contributed by atoms with E-state index in [0.29, 0.717) is 0 Å². The molecule has 1 nitrogen and oxygen atoms in total. The van der Waals surface area contributed by atoms with E-state index in [1.165, 1.54) is 27.9 Å². The lowest BCUT2D eigenvalue weighted by molar-refractivity contribution is 0.585. The Hall–Kier alpha value is -1.24. The first-order valence-electron chi connectivity index (χ1n) is 6.77. The second-order valence-corrected chi connectivity index (χ2v) is 5.36. The summed E-state index contributed by atoms with van der Waals surface area (Å²) < 4.78 is 0. The normalized spacial score (nSPS) is 10.4. The summed E-state index contributed by atoms with van der Waals surface area (Å²) in [6, 6.07) is 2.29. The molecular weight excluding hydrogens is 218 g/mol. The van der Waals surface area contributed by atoms with Gasteiger partial charge in [-0.2, -0.15) is 0 Å². The van der Waals surface area contributed by atoms with Gasteiger partial charge in [0.1, 0.15) is 0 Å². The highest BCUT2D eigenvalue weighted by atomic mass is 14.8. The second kappa shape index (κ2) is 6.63. The van der Waals surface area contributed by atoms with Gasteiger partial charge in [0.25, 0.3) is 0 Å². The molecule has 0 aliphatic carbocycles. The predicted octanol–water partition coefficient (Wildman–Crippen LogP) is 5.31. The molecule has 1 aromatic carbocycles. The van der Waals surface area contributed by atoms with Gasteiger partial charge in [-0.1, -0.05) is 53.3 Å². The first-order valence-corrected chi connectivity index (χ1v) is 6.77. The first kappa shape index (κ1) is 16.8. The van der Waals surface area contributed by atoms with Crippen LogP contribution in [-0.2, 0) is 5.41 Å². The molecule has 1 rings (SSSR count). The highest BCUT2D eigenvalue weighted by Gasteiger charge is 2.20. The number of benzene rings is 1. The Kier molecular flexibility index (Phi) is 6.17. The van der Waals surface area contributed by atoms with Gasteiger partial charge < -0.3 is 5.32 Å². The van der Waals surface area contributed by atoms with E-state index in [4.69, 9.17) is 0 Å². The standard InChI is InChI=1S/C15H23N.C2H6/c1-8-12-11(3)13(15(4,5)6)9-10(2)14(12)16-7;1-2/h8-9,16H,1H2,2-7H3;1-2H3. The zero-order valence-electron chi connectivity index (χ0n) is 13.4. The van der Waals surface area contributed by atoms with E-state index in [1.807, 2.05) is 27.0 Å². The fourth-order valence-electron chi connectivity index (χ4n) is 2.31. The quantitative estimate of drug-likeness (QED) is 0.746. The molecule has 0 fully saturated rings. The van der Waals surface area contributed by atoms with Gasteiger partial charge in [-0.15, -0.1) is 0 Å². The van der Waals surface area contributed by atoms with E-state index in [2.05, 4.69) is 52.6 Å². The maximum atomic E-state index is 3.92. The molecule has 0 amide bonds. The van der Waals surface area contributed by atoms with E-state index in [0.717, 1.165) is 0 Å². The van der Waals surface area contributed by atoms with Crippen molar-refractivity contribution >= 4 is 11.8 Å². The van der Waals surface area contributed by atoms with Gasteiger partial charge in [-0.25, -0.2) is 0 Å². The smallest absolute Gasteiger partial charge is 0.0443 e. The molecule has 1 aromatic rings. The Balaban J connectivity index is 0.00000137. The van der Waals surface area contributed by atoms with Crippen LogP contribution in [0.2, 0.25) is 0 Å². The molecule has 0 heterocycles. The van der Waals surface area contributed by atoms with Gasteiger partial charge in [0, 0.05) is 18.3 Å². The average Bonchev–Trinajstić information content (AvgIpc) is 2.32. The van der Waals surface area contributed by atoms with Crippen molar-refractivity contribution in [2.75, 3.05) is 12.4 Å². The number of anilines is 1. The van der Waals surface area contributed by atoms with Crippen molar-refractivity contribution < 1.29 is 0 Å². The molecule has 1 N–H and O–H groups in total. The molecule has 0 aliphatic rings. The summed E-state index contributed by atoms with van der Waals surface area (Å²) in [5, 5.41) is 3.26. The molecule has 102 valence electrons. The molecule has 0 saturated heterocycles. The average molecular weight is 247 g/mol. The van der Waals surface area contributed by atoms with Crippen molar-refractivity contribution in [2.24, 2.45) is 0 Å². The summed E-state index contributed by atoms with van der Waals surface area (Å²) in [4.78, 5) is 0. The Morgan fingerprint density at radius 1 is 1.17 bits per heavy atom. The Labute approximate surface area is 113 Å². The number of hydrogen-bond donors (Lipinski definition) is 1. The van der Waals surface area contributed by atoms with E-state index < -0.39 is 0 Å². The fraction of sp³-hybridized carbons (Fsp3) is 0.529. The van der Waals surface area contributed by atoms with Crippen molar-refractivity contribution in [1.29, 1.82) is 0 Å². The minimum Gasteiger partial charge on any atom is -0.387 e. The van der Waals surface area contributed by atoms with Crippen molar-refractivity contribution in [2.45, 2.75) is 53.9 Å². The summed E-state index contributed by atoms with van der Waals surface area (Å²) in [5.41, 5.74) is 6.62. The van der Waals surface area contributed by atoms with Crippen molar-refractivity contribution in [1.82, 2.24) is 0 Å². The molecule has 1 heteroatoms. The maximum Gasteiger partial charge on any atom is 0.0443 e. The van der Waals surface area contributed by atoms with Crippen LogP contribution in [0.3, 0.4) is 0 Å². The van der Waals surface area contributed by atoms with Gasteiger partial charge >= 0.3 is 0 Å². The minimum absolute atomic E-state index is 0.179. The van der Waals surface area contributed by atoms with E-state index in [1.54, 1.807) is 0 Å². The Morgan fingerprint density at radius 3 is 2.00 bits per heavy atom. The van der Waals surface area contributed by atoms with E-state index in [-0.39, 0.29) is 5.41 Å². The Morgan fingerprint density at radius 2 is 1.67 bits per heavy atom. The van der Waals surface area contributed by atoms with Crippen LogP contribution in [0.1, 0.15) is 56.9 Å². The maximum absolute atomic E-state index is 3.92. The van der Waals surface area contributed by atoms with Crippen LogP contribution in [0.4, 0.5) is 5.69 Å². The van der Waals surface area contributed by atoms with E-state index >= 15 is 0 Å². The molecule has 0 radical (unpaired) electrons. The summed E-state index contributed by atoms with van der Waals surface area (Å²) >= 11 is 0. The minimum atomic E-state index is 0.179. The molecule has 0 aliphatic heterocycles. The SMILES string of the molecule is C=Cc1c(C)c(C(C)(C)C)cc(C)c1NC.CC. The highest BCUT2D eigenvalue weighted by molar-refractivity contribution is 5.73. The van der Waals surface area contributed by atoms with Gasteiger partial charge in [0.05, 0.1) is 0 Å². The number of aryl methyl sites for hydroxylation is 1. The lowest BCUT2D eigenvalue weighted by atomic mass is 9.81. The van der Waals surface area contributed by atoms with Crippen LogP contribution in [-0.4, -0.2) is 7.05 Å². The first-order chi connectivity index (χ1) is 8.32. The zero-order chi connectivity index (χ0) is 14.5.